The number of para-hydroxylation sites is 2. The summed E-state index contributed by atoms with van der Waals surface area (Å²) in [5, 5.41) is 3.65. The largest absolute Gasteiger partial charge is 0.500 e. The first-order chi connectivity index (χ1) is 31.5. The van der Waals surface area contributed by atoms with E-state index in [1.807, 2.05) is 24.4 Å². The number of aryl methyl sites for hydroxylation is 2. The van der Waals surface area contributed by atoms with Crippen molar-refractivity contribution in [2.75, 3.05) is 0 Å². The van der Waals surface area contributed by atoms with Gasteiger partial charge in [-0.3, -0.25) is 4.98 Å². The molecule has 0 bridgehead atoms. The number of hydrogen-bond donors (Lipinski definition) is 0. The van der Waals surface area contributed by atoms with Crippen molar-refractivity contribution in [2.24, 2.45) is 0 Å². The number of imidazole rings is 1. The van der Waals surface area contributed by atoms with E-state index < -0.39 is 14.9 Å². The van der Waals surface area contributed by atoms with Crippen molar-refractivity contribution in [3.05, 3.63) is 167 Å². The van der Waals surface area contributed by atoms with Gasteiger partial charge in [0.2, 0.25) is 0 Å². The predicted octanol–water partition coefficient (Wildman–Crippen LogP) is 14.6. The summed E-state index contributed by atoms with van der Waals surface area (Å²) in [5.74, 6) is 1.55. The summed E-state index contributed by atoms with van der Waals surface area (Å²) in [6.45, 7) is 13.4. The van der Waals surface area contributed by atoms with Crippen molar-refractivity contribution in [3.63, 3.8) is 0 Å². The average molecular weight is 1010 g/mol. The molecule has 62 heavy (non-hydrogen) atoms. The Kier molecular flexibility index (Phi) is 10.7. The molecule has 1 aliphatic carbocycles. The average Bonchev–Trinajstić information content (AvgIpc) is 3.87. The first-order valence-electron chi connectivity index (χ1n) is 24.1. The smallest absolute Gasteiger partial charge is 0.121 e. The second-order valence-electron chi connectivity index (χ2n) is 18.0. The quantitative estimate of drug-likeness (QED) is 0.118. The zero-order valence-corrected chi connectivity index (χ0v) is 39.9. The number of furan rings is 1. The van der Waals surface area contributed by atoms with Gasteiger partial charge in [0.1, 0.15) is 5.58 Å². The molecule has 0 aliphatic heterocycles. The molecule has 0 fully saturated rings. The van der Waals surface area contributed by atoms with E-state index in [2.05, 4.69) is 154 Å². The summed E-state index contributed by atoms with van der Waals surface area (Å²) in [6.07, 6.45) is 6.57. The number of benzene rings is 6. The fourth-order valence-corrected chi connectivity index (χ4v) is 9.76. The van der Waals surface area contributed by atoms with E-state index in [0.717, 1.165) is 46.4 Å². The minimum absolute atomic E-state index is 0. The van der Waals surface area contributed by atoms with Crippen molar-refractivity contribution >= 4 is 46.2 Å². The molecule has 10 rings (SSSR count). The molecule has 0 saturated heterocycles. The van der Waals surface area contributed by atoms with Crippen LogP contribution in [-0.2, 0) is 32.9 Å². The first kappa shape index (κ1) is 37.2. The van der Waals surface area contributed by atoms with Crippen LogP contribution in [-0.4, -0.2) is 22.6 Å². The fourth-order valence-electron chi connectivity index (χ4n) is 8.72. The molecule has 3 aromatic heterocycles. The molecular weight excluding hydrogens is 951 g/mol. The van der Waals surface area contributed by atoms with Gasteiger partial charge in [0.15, 0.2) is 0 Å². The maximum atomic E-state index is 7.88. The van der Waals surface area contributed by atoms with E-state index in [1.54, 1.807) is 0 Å². The molecule has 6 heteroatoms. The zero-order chi connectivity index (χ0) is 46.7. The van der Waals surface area contributed by atoms with Crippen LogP contribution in [0, 0.1) is 19.0 Å². The van der Waals surface area contributed by atoms with Gasteiger partial charge in [-0.1, -0.05) is 120 Å². The van der Waals surface area contributed by atoms with Gasteiger partial charge in [-0.2, -0.15) is 0 Å². The first-order valence-corrected chi connectivity index (χ1v) is 25.1. The number of aromatic nitrogens is 3. The van der Waals surface area contributed by atoms with E-state index in [4.69, 9.17) is 16.3 Å². The van der Waals surface area contributed by atoms with Crippen LogP contribution >= 0.6 is 0 Å². The van der Waals surface area contributed by atoms with Crippen LogP contribution in [0.25, 0.3) is 72.4 Å². The van der Waals surface area contributed by atoms with Gasteiger partial charge in [-0.25, -0.2) is 0 Å². The second-order valence-corrected chi connectivity index (χ2v) is 23.0. The topological polar surface area (TPSA) is 43.9 Å². The maximum Gasteiger partial charge on any atom is 0.121 e. The summed E-state index contributed by atoms with van der Waals surface area (Å²) in [5.41, 5.74) is 15.1. The Morgan fingerprint density at radius 3 is 2.21 bits per heavy atom. The number of nitrogens with zero attached hydrogens (tertiary/aromatic N) is 3. The van der Waals surface area contributed by atoms with Crippen molar-refractivity contribution in [1.29, 1.82) is 0 Å². The standard InChI is InChI=1S/C41H37N2O.C15H18NSi.Ir/c1-25(2)32-23-30(27-12-6-5-7-13-27)24-33(26(3)4)40(32)43-36-17-11-10-16-35(36)42-41(43)29-19-20-37-34(22-29)39-31-15-9-8-14-28(31)18-21-38(39)44-37;1-12-5-7-13(8-6-12)15-10-9-14(11-16-15)17(2,3)4;/h5-7,10-13,16-18,20-26H,8-9,14-15H2,1-4H3;5-7,9-11H,1-4H3;/q2*-1;/i;1D3,5D,6D;. The van der Waals surface area contributed by atoms with E-state index >= 15 is 0 Å². The van der Waals surface area contributed by atoms with Crippen LogP contribution in [0.2, 0.25) is 19.6 Å². The number of pyridine rings is 1. The van der Waals surface area contributed by atoms with Gasteiger partial charge in [0.05, 0.1) is 30.5 Å². The van der Waals surface area contributed by atoms with E-state index in [0.29, 0.717) is 23.1 Å². The van der Waals surface area contributed by atoms with Gasteiger partial charge in [0, 0.05) is 44.2 Å². The molecule has 0 atom stereocenters. The van der Waals surface area contributed by atoms with E-state index in [-0.39, 0.29) is 37.8 Å². The molecule has 6 aromatic carbocycles. The van der Waals surface area contributed by atoms with Crippen molar-refractivity contribution in [2.45, 2.75) is 91.7 Å². The summed E-state index contributed by atoms with van der Waals surface area (Å²) < 4.78 is 46.7. The molecule has 9 aromatic rings. The fraction of sp³-hybridized carbons (Fsp3) is 0.250. The molecule has 0 amide bonds. The summed E-state index contributed by atoms with van der Waals surface area (Å²) in [4.78, 5) is 9.69. The SMILES string of the molecule is CC(C)c1cc(-c2ccccc2)cc(C(C)C)c1-n1c(-c2[c-]cc3oc4ccc5c(c4c3c2)CCCC5)nc2ccccc21.[2H]c1[c-]c(-c2ccc([Si](C)(C)C)cn2)cc([2H])c1C([2H])([2H])[2H].[Ir]. The maximum absolute atomic E-state index is 7.88. The molecule has 0 saturated carbocycles. The van der Waals surface area contributed by atoms with Crippen LogP contribution in [0.4, 0.5) is 0 Å². The predicted molar refractivity (Wildman–Crippen MR) is 259 cm³/mol. The van der Waals surface area contributed by atoms with Gasteiger partial charge >= 0.3 is 0 Å². The Labute approximate surface area is 388 Å². The Morgan fingerprint density at radius 1 is 0.774 bits per heavy atom. The minimum atomic E-state index is -2.47. The molecular formula is C56H55IrN3OSi-2. The third kappa shape index (κ3) is 8.41. The van der Waals surface area contributed by atoms with Crippen LogP contribution in [0.3, 0.4) is 0 Å². The van der Waals surface area contributed by atoms with Gasteiger partial charge in [0.25, 0.3) is 0 Å². The Bertz CT molecular complexity index is 3210. The van der Waals surface area contributed by atoms with Gasteiger partial charge in [-0.05, 0) is 112 Å². The molecule has 3 heterocycles. The molecule has 315 valence electrons. The van der Waals surface area contributed by atoms with E-state index in [9.17, 15) is 0 Å². The number of fused-ring (bicyclic) bond motifs is 6. The molecule has 0 unspecified atom stereocenters. The third-order valence-corrected chi connectivity index (χ3v) is 14.1. The number of hydrogen-bond acceptors (Lipinski definition) is 3. The van der Waals surface area contributed by atoms with Gasteiger partial charge in [-0.15, -0.1) is 59.1 Å². The van der Waals surface area contributed by atoms with Crippen molar-refractivity contribution in [1.82, 2.24) is 14.5 Å². The summed E-state index contributed by atoms with van der Waals surface area (Å²) in [6, 6.07) is 43.9. The second kappa shape index (κ2) is 17.8. The number of rotatable bonds is 7. The Balaban J connectivity index is 0.000000224. The van der Waals surface area contributed by atoms with Crippen molar-refractivity contribution in [3.8, 4) is 39.5 Å². The zero-order valence-electron chi connectivity index (χ0n) is 41.5. The van der Waals surface area contributed by atoms with Crippen LogP contribution in [0.1, 0.15) is 87.0 Å². The summed E-state index contributed by atoms with van der Waals surface area (Å²) >= 11 is 0. The Morgan fingerprint density at radius 2 is 1.52 bits per heavy atom. The molecule has 1 aliphatic rings. The van der Waals surface area contributed by atoms with Gasteiger partial charge < -0.3 is 14.0 Å². The molecule has 4 nitrogen and oxygen atoms in total. The monoisotopic (exact) mass is 1010 g/mol. The third-order valence-electron chi connectivity index (χ3n) is 12.0. The van der Waals surface area contributed by atoms with Crippen LogP contribution in [0.15, 0.2) is 132 Å². The normalized spacial score (nSPS) is 14.1. The molecule has 1 radical (unpaired) electrons. The van der Waals surface area contributed by atoms with Crippen molar-refractivity contribution < 1.29 is 31.4 Å². The molecule has 0 N–H and O–H groups in total. The van der Waals surface area contributed by atoms with Crippen LogP contribution in [0.5, 0.6) is 0 Å². The summed E-state index contributed by atoms with van der Waals surface area (Å²) in [7, 11) is -1.43. The van der Waals surface area contributed by atoms with E-state index in [1.165, 1.54) is 73.9 Å². The minimum Gasteiger partial charge on any atom is -0.500 e. The Hall–Kier alpha value is -5.39. The van der Waals surface area contributed by atoms with Crippen LogP contribution < -0.4 is 5.19 Å². The molecule has 0 spiro atoms.